The molecule has 1 amide bonds. The minimum absolute atomic E-state index is 0.0229. The Balaban J connectivity index is 2.82. The fourth-order valence-electron chi connectivity index (χ4n) is 1.15. The molecule has 0 aliphatic heterocycles. The molecule has 0 bridgehead atoms. The summed E-state index contributed by atoms with van der Waals surface area (Å²) >= 11 is 3.39. The van der Waals surface area contributed by atoms with Gasteiger partial charge in [-0.15, -0.1) is 0 Å². The molecular formula is C10H14BrN3O2. The lowest BCUT2D eigenvalue weighted by atomic mass is 10.3. The Morgan fingerprint density at radius 3 is 2.88 bits per heavy atom. The number of carbonyl (C=O) groups excluding carboxylic acids is 1. The van der Waals surface area contributed by atoms with Gasteiger partial charge in [-0.3, -0.25) is 4.79 Å². The molecule has 1 aromatic rings. The number of hydrogen-bond donors (Lipinski definition) is 1. The molecule has 6 heteroatoms. The molecule has 0 aromatic carbocycles. The summed E-state index contributed by atoms with van der Waals surface area (Å²) in [4.78, 5) is 17.3. The number of anilines is 2. The summed E-state index contributed by atoms with van der Waals surface area (Å²) in [5.41, 5.74) is 0.947. The van der Waals surface area contributed by atoms with Crippen molar-refractivity contribution in [3.05, 3.63) is 16.7 Å². The number of methoxy groups -OCH3 is 1. The van der Waals surface area contributed by atoms with Crippen LogP contribution in [0.3, 0.4) is 0 Å². The van der Waals surface area contributed by atoms with E-state index in [1.54, 1.807) is 12.3 Å². The lowest BCUT2D eigenvalue weighted by Crippen LogP contribution is -2.18. The molecule has 0 fully saturated rings. The van der Waals surface area contributed by atoms with Crippen molar-refractivity contribution in [2.75, 3.05) is 38.0 Å². The number of nitrogens with zero attached hydrogens (tertiary/aromatic N) is 2. The van der Waals surface area contributed by atoms with E-state index in [0.29, 0.717) is 5.82 Å². The standard InChI is InChI=1S/C10H14BrN3O2/c1-14(2)8-4-9(12-5-7(8)11)13-10(15)6-16-3/h4-5H,6H2,1-3H3,(H,12,13,15). The van der Waals surface area contributed by atoms with E-state index in [2.05, 4.69) is 26.2 Å². The molecule has 0 saturated carbocycles. The molecule has 1 heterocycles. The zero-order chi connectivity index (χ0) is 12.1. The number of halogens is 1. The van der Waals surface area contributed by atoms with Crippen LogP contribution in [0.5, 0.6) is 0 Å². The highest BCUT2D eigenvalue weighted by atomic mass is 79.9. The van der Waals surface area contributed by atoms with Crippen LogP contribution in [0.25, 0.3) is 0 Å². The van der Waals surface area contributed by atoms with E-state index in [0.717, 1.165) is 10.2 Å². The predicted molar refractivity (Wildman–Crippen MR) is 66.8 cm³/mol. The van der Waals surface area contributed by atoms with Gasteiger partial charge in [-0.2, -0.15) is 0 Å². The Morgan fingerprint density at radius 2 is 2.31 bits per heavy atom. The van der Waals surface area contributed by atoms with Crippen molar-refractivity contribution in [1.29, 1.82) is 0 Å². The van der Waals surface area contributed by atoms with Gasteiger partial charge in [0.2, 0.25) is 0 Å². The van der Waals surface area contributed by atoms with Crippen LogP contribution in [0.2, 0.25) is 0 Å². The Bertz CT molecular complexity index is 382. The second-order valence-electron chi connectivity index (χ2n) is 3.40. The molecule has 0 aliphatic rings. The van der Waals surface area contributed by atoms with Gasteiger partial charge in [-0.25, -0.2) is 4.98 Å². The second kappa shape index (κ2) is 5.81. The Labute approximate surface area is 103 Å². The zero-order valence-corrected chi connectivity index (χ0v) is 11.0. The maximum atomic E-state index is 11.3. The van der Waals surface area contributed by atoms with Crippen LogP contribution in [-0.2, 0) is 9.53 Å². The molecule has 0 unspecified atom stereocenters. The number of aromatic nitrogens is 1. The van der Waals surface area contributed by atoms with Gasteiger partial charge < -0.3 is 15.0 Å². The van der Waals surface area contributed by atoms with E-state index in [9.17, 15) is 4.79 Å². The number of hydrogen-bond acceptors (Lipinski definition) is 4. The van der Waals surface area contributed by atoms with Crippen molar-refractivity contribution < 1.29 is 9.53 Å². The van der Waals surface area contributed by atoms with Gasteiger partial charge in [0.25, 0.3) is 5.91 Å². The number of carbonyl (C=O) groups is 1. The van der Waals surface area contributed by atoms with E-state index < -0.39 is 0 Å². The van der Waals surface area contributed by atoms with Gasteiger partial charge in [0.1, 0.15) is 12.4 Å². The number of rotatable bonds is 4. The molecule has 0 atom stereocenters. The number of nitrogens with one attached hydrogen (secondary N) is 1. The van der Waals surface area contributed by atoms with Crippen LogP contribution in [-0.4, -0.2) is 38.7 Å². The van der Waals surface area contributed by atoms with E-state index in [1.165, 1.54) is 7.11 Å². The monoisotopic (exact) mass is 287 g/mol. The third kappa shape index (κ3) is 3.46. The first-order chi connectivity index (χ1) is 7.54. The van der Waals surface area contributed by atoms with Gasteiger partial charge in [0.05, 0.1) is 10.2 Å². The summed E-state index contributed by atoms with van der Waals surface area (Å²) in [7, 11) is 5.31. The Kier molecular flexibility index (Phi) is 4.70. The fraction of sp³-hybridized carbons (Fsp3) is 0.400. The van der Waals surface area contributed by atoms with Crippen LogP contribution in [0.1, 0.15) is 0 Å². The first kappa shape index (κ1) is 12.9. The molecule has 88 valence electrons. The molecule has 5 nitrogen and oxygen atoms in total. The van der Waals surface area contributed by atoms with Gasteiger partial charge in [0.15, 0.2) is 0 Å². The van der Waals surface area contributed by atoms with Crippen molar-refractivity contribution in [3.63, 3.8) is 0 Å². The molecule has 16 heavy (non-hydrogen) atoms. The number of pyridine rings is 1. The smallest absolute Gasteiger partial charge is 0.251 e. The largest absolute Gasteiger partial charge is 0.377 e. The van der Waals surface area contributed by atoms with E-state index >= 15 is 0 Å². The van der Waals surface area contributed by atoms with E-state index in [4.69, 9.17) is 4.74 Å². The van der Waals surface area contributed by atoms with Crippen LogP contribution >= 0.6 is 15.9 Å². The molecular weight excluding hydrogens is 274 g/mol. The molecule has 0 saturated heterocycles. The van der Waals surface area contributed by atoms with Crippen LogP contribution in [0, 0.1) is 0 Å². The average molecular weight is 288 g/mol. The Hall–Kier alpha value is -1.14. The summed E-state index contributed by atoms with van der Waals surface area (Å²) in [6.45, 7) is 0.0229. The second-order valence-corrected chi connectivity index (χ2v) is 4.25. The zero-order valence-electron chi connectivity index (χ0n) is 9.45. The molecule has 0 spiro atoms. The van der Waals surface area contributed by atoms with Crippen molar-refractivity contribution in [2.45, 2.75) is 0 Å². The van der Waals surface area contributed by atoms with Crippen molar-refractivity contribution in [2.24, 2.45) is 0 Å². The highest BCUT2D eigenvalue weighted by Gasteiger charge is 2.07. The first-order valence-electron chi connectivity index (χ1n) is 4.66. The lowest BCUT2D eigenvalue weighted by Gasteiger charge is -2.15. The summed E-state index contributed by atoms with van der Waals surface area (Å²) < 4.78 is 5.59. The van der Waals surface area contributed by atoms with Crippen LogP contribution in [0.15, 0.2) is 16.7 Å². The van der Waals surface area contributed by atoms with Crippen molar-refractivity contribution >= 4 is 33.3 Å². The molecule has 0 aliphatic carbocycles. The van der Waals surface area contributed by atoms with E-state index in [1.807, 2.05) is 19.0 Å². The minimum Gasteiger partial charge on any atom is -0.377 e. The average Bonchev–Trinajstić information content (AvgIpc) is 2.21. The van der Waals surface area contributed by atoms with Crippen molar-refractivity contribution in [3.8, 4) is 0 Å². The molecule has 1 rings (SSSR count). The third-order valence-electron chi connectivity index (χ3n) is 1.86. The lowest BCUT2D eigenvalue weighted by molar-refractivity contribution is -0.119. The highest BCUT2D eigenvalue weighted by molar-refractivity contribution is 9.10. The maximum absolute atomic E-state index is 11.3. The molecule has 1 N–H and O–H groups in total. The summed E-state index contributed by atoms with van der Waals surface area (Å²) in [6, 6.07) is 1.79. The van der Waals surface area contributed by atoms with Crippen molar-refractivity contribution in [1.82, 2.24) is 4.98 Å². The SMILES string of the molecule is COCC(=O)Nc1cc(N(C)C)c(Br)cn1. The van der Waals surface area contributed by atoms with Gasteiger partial charge in [0, 0.05) is 33.5 Å². The minimum atomic E-state index is -0.220. The summed E-state index contributed by atoms with van der Waals surface area (Å²) in [5.74, 6) is 0.288. The Morgan fingerprint density at radius 1 is 1.62 bits per heavy atom. The topological polar surface area (TPSA) is 54.5 Å². The van der Waals surface area contributed by atoms with Gasteiger partial charge in [-0.1, -0.05) is 0 Å². The maximum Gasteiger partial charge on any atom is 0.251 e. The van der Waals surface area contributed by atoms with E-state index in [-0.39, 0.29) is 12.5 Å². The predicted octanol–water partition coefficient (Wildman–Crippen LogP) is 1.49. The normalized spacial score (nSPS) is 10.0. The molecule has 1 aromatic heterocycles. The summed E-state index contributed by atoms with van der Waals surface area (Å²) in [6.07, 6.45) is 1.65. The van der Waals surface area contributed by atoms with Crippen LogP contribution in [0.4, 0.5) is 11.5 Å². The highest BCUT2D eigenvalue weighted by Crippen LogP contribution is 2.25. The van der Waals surface area contributed by atoms with Gasteiger partial charge in [-0.05, 0) is 15.9 Å². The third-order valence-corrected chi connectivity index (χ3v) is 2.47. The number of amides is 1. The molecule has 0 radical (unpaired) electrons. The number of ether oxygens (including phenoxy) is 1. The first-order valence-corrected chi connectivity index (χ1v) is 5.45. The fourth-order valence-corrected chi connectivity index (χ4v) is 1.72. The van der Waals surface area contributed by atoms with Crippen LogP contribution < -0.4 is 10.2 Å². The summed E-state index contributed by atoms with van der Waals surface area (Å²) in [5, 5.41) is 2.64. The van der Waals surface area contributed by atoms with Gasteiger partial charge >= 0.3 is 0 Å². The quantitative estimate of drug-likeness (QED) is 0.912.